The molecule has 2 rings (SSSR count). The van der Waals surface area contributed by atoms with E-state index in [-0.39, 0.29) is 11.9 Å². The largest absolute Gasteiger partial charge is 0.497 e. The Morgan fingerprint density at radius 1 is 1.21 bits per heavy atom. The van der Waals surface area contributed by atoms with Gasteiger partial charge in [-0.05, 0) is 48.9 Å². The number of hydrogen-bond donors (Lipinski definition) is 1. The van der Waals surface area contributed by atoms with Crippen molar-refractivity contribution in [3.63, 3.8) is 0 Å². The molecule has 2 aromatic rings. The molecule has 0 amide bonds. The van der Waals surface area contributed by atoms with Crippen LogP contribution in [-0.4, -0.2) is 7.11 Å². The summed E-state index contributed by atoms with van der Waals surface area (Å²) >= 11 is 1.55. The van der Waals surface area contributed by atoms with Crippen molar-refractivity contribution in [1.82, 2.24) is 0 Å². The lowest BCUT2D eigenvalue weighted by molar-refractivity contribution is 0.413. The van der Waals surface area contributed by atoms with E-state index in [9.17, 15) is 4.39 Å². The molecule has 0 bridgehead atoms. The summed E-state index contributed by atoms with van der Waals surface area (Å²) < 4.78 is 18.5. The minimum Gasteiger partial charge on any atom is -0.497 e. The lowest BCUT2D eigenvalue weighted by Crippen LogP contribution is -2.06. The molecule has 0 saturated heterocycles. The first-order chi connectivity index (χ1) is 9.10. The highest BCUT2D eigenvalue weighted by atomic mass is 32.2. The summed E-state index contributed by atoms with van der Waals surface area (Å²) in [6.07, 6.45) is 0. The van der Waals surface area contributed by atoms with Gasteiger partial charge in [-0.15, -0.1) is 0 Å². The van der Waals surface area contributed by atoms with Crippen LogP contribution in [0, 0.1) is 5.82 Å². The second-order valence-corrected chi connectivity index (χ2v) is 5.37. The zero-order valence-electron chi connectivity index (χ0n) is 10.9. The Morgan fingerprint density at radius 2 is 2.00 bits per heavy atom. The normalized spacial score (nSPS) is 12.2. The maximum atomic E-state index is 13.3. The lowest BCUT2D eigenvalue weighted by atomic mass is 10.1. The molecule has 19 heavy (non-hydrogen) atoms. The zero-order valence-corrected chi connectivity index (χ0v) is 11.7. The van der Waals surface area contributed by atoms with Crippen LogP contribution in [-0.2, 0) is 0 Å². The van der Waals surface area contributed by atoms with E-state index in [2.05, 4.69) is 0 Å². The summed E-state index contributed by atoms with van der Waals surface area (Å²) in [5, 5.41) is 0. The maximum Gasteiger partial charge on any atom is 0.123 e. The average Bonchev–Trinajstić information content (AvgIpc) is 2.41. The quantitative estimate of drug-likeness (QED) is 0.917. The topological polar surface area (TPSA) is 35.2 Å². The van der Waals surface area contributed by atoms with Gasteiger partial charge in [0.2, 0.25) is 0 Å². The SMILES string of the molecule is COc1cccc(Sc2ccc(F)cc2C(C)N)c1. The Kier molecular flexibility index (Phi) is 4.45. The molecule has 1 atom stereocenters. The van der Waals surface area contributed by atoms with Crippen LogP contribution in [0.1, 0.15) is 18.5 Å². The van der Waals surface area contributed by atoms with E-state index < -0.39 is 0 Å². The molecule has 2 aromatic carbocycles. The molecular weight excluding hydrogens is 261 g/mol. The van der Waals surface area contributed by atoms with Gasteiger partial charge in [0.15, 0.2) is 0 Å². The van der Waals surface area contributed by atoms with Crippen molar-refractivity contribution >= 4 is 11.8 Å². The Labute approximate surface area is 116 Å². The number of hydrogen-bond acceptors (Lipinski definition) is 3. The third kappa shape index (κ3) is 3.49. The lowest BCUT2D eigenvalue weighted by Gasteiger charge is -2.12. The van der Waals surface area contributed by atoms with Crippen LogP contribution in [0.5, 0.6) is 5.75 Å². The Balaban J connectivity index is 2.32. The molecule has 0 saturated carbocycles. The van der Waals surface area contributed by atoms with Crippen molar-refractivity contribution in [3.05, 3.63) is 53.8 Å². The van der Waals surface area contributed by atoms with Crippen LogP contribution in [0.25, 0.3) is 0 Å². The van der Waals surface area contributed by atoms with Crippen LogP contribution in [0.15, 0.2) is 52.3 Å². The van der Waals surface area contributed by atoms with Crippen LogP contribution in [0.2, 0.25) is 0 Å². The fraction of sp³-hybridized carbons (Fsp3) is 0.200. The van der Waals surface area contributed by atoms with Gasteiger partial charge in [0.1, 0.15) is 11.6 Å². The second kappa shape index (κ2) is 6.08. The van der Waals surface area contributed by atoms with Crippen molar-refractivity contribution in [2.45, 2.75) is 22.8 Å². The van der Waals surface area contributed by atoms with E-state index in [0.29, 0.717) is 0 Å². The molecule has 0 fully saturated rings. The first kappa shape index (κ1) is 13.9. The summed E-state index contributed by atoms with van der Waals surface area (Å²) in [4.78, 5) is 2.00. The van der Waals surface area contributed by atoms with Crippen molar-refractivity contribution in [2.75, 3.05) is 7.11 Å². The molecule has 2 nitrogen and oxygen atoms in total. The number of ether oxygens (including phenoxy) is 1. The third-order valence-corrected chi connectivity index (χ3v) is 3.81. The molecule has 0 aromatic heterocycles. The molecular formula is C15H16FNOS. The molecule has 0 radical (unpaired) electrons. The average molecular weight is 277 g/mol. The fourth-order valence-electron chi connectivity index (χ4n) is 1.76. The molecule has 4 heteroatoms. The Morgan fingerprint density at radius 3 is 2.68 bits per heavy atom. The predicted octanol–water partition coefficient (Wildman–Crippen LogP) is 4.01. The van der Waals surface area contributed by atoms with E-state index in [1.807, 2.05) is 31.2 Å². The van der Waals surface area contributed by atoms with Crippen molar-refractivity contribution < 1.29 is 9.13 Å². The number of benzene rings is 2. The Bertz CT molecular complexity index is 572. The zero-order chi connectivity index (χ0) is 13.8. The maximum absolute atomic E-state index is 13.3. The highest BCUT2D eigenvalue weighted by molar-refractivity contribution is 7.99. The monoisotopic (exact) mass is 277 g/mol. The highest BCUT2D eigenvalue weighted by Gasteiger charge is 2.10. The van der Waals surface area contributed by atoms with Crippen LogP contribution < -0.4 is 10.5 Å². The van der Waals surface area contributed by atoms with Gasteiger partial charge in [-0.1, -0.05) is 17.8 Å². The van der Waals surface area contributed by atoms with E-state index in [1.54, 1.807) is 24.9 Å². The molecule has 0 aliphatic rings. The van der Waals surface area contributed by atoms with E-state index in [1.165, 1.54) is 12.1 Å². The van der Waals surface area contributed by atoms with E-state index in [4.69, 9.17) is 10.5 Å². The highest BCUT2D eigenvalue weighted by Crippen LogP contribution is 2.34. The molecule has 0 spiro atoms. The summed E-state index contributed by atoms with van der Waals surface area (Å²) in [5.74, 6) is 0.539. The summed E-state index contributed by atoms with van der Waals surface area (Å²) in [7, 11) is 1.63. The number of rotatable bonds is 4. The second-order valence-electron chi connectivity index (χ2n) is 4.25. The van der Waals surface area contributed by atoms with Gasteiger partial charge in [0, 0.05) is 15.8 Å². The first-order valence-electron chi connectivity index (χ1n) is 5.97. The third-order valence-electron chi connectivity index (χ3n) is 2.73. The summed E-state index contributed by atoms with van der Waals surface area (Å²) in [6, 6.07) is 12.3. The predicted molar refractivity (Wildman–Crippen MR) is 76.1 cm³/mol. The molecule has 0 aliphatic heterocycles. The van der Waals surface area contributed by atoms with Gasteiger partial charge in [-0.3, -0.25) is 0 Å². The summed E-state index contributed by atoms with van der Waals surface area (Å²) in [5.41, 5.74) is 6.70. The van der Waals surface area contributed by atoms with Gasteiger partial charge in [0.05, 0.1) is 7.11 Å². The van der Waals surface area contributed by atoms with Gasteiger partial charge in [-0.25, -0.2) is 4.39 Å². The molecule has 0 heterocycles. The standard InChI is InChI=1S/C15H16FNOS/c1-10(17)14-8-11(16)6-7-15(14)19-13-5-3-4-12(9-13)18-2/h3-10H,17H2,1-2H3. The van der Waals surface area contributed by atoms with E-state index in [0.717, 1.165) is 21.1 Å². The number of methoxy groups -OCH3 is 1. The summed E-state index contributed by atoms with van der Waals surface area (Å²) in [6.45, 7) is 1.85. The minimum atomic E-state index is -0.262. The van der Waals surface area contributed by atoms with Gasteiger partial charge < -0.3 is 10.5 Å². The first-order valence-corrected chi connectivity index (χ1v) is 6.78. The van der Waals surface area contributed by atoms with Crippen molar-refractivity contribution in [1.29, 1.82) is 0 Å². The van der Waals surface area contributed by atoms with Crippen LogP contribution in [0.4, 0.5) is 4.39 Å². The molecule has 2 N–H and O–H groups in total. The van der Waals surface area contributed by atoms with E-state index >= 15 is 0 Å². The van der Waals surface area contributed by atoms with Gasteiger partial charge >= 0.3 is 0 Å². The van der Waals surface area contributed by atoms with Gasteiger partial charge in [0.25, 0.3) is 0 Å². The van der Waals surface area contributed by atoms with Crippen LogP contribution >= 0.6 is 11.8 Å². The smallest absolute Gasteiger partial charge is 0.123 e. The fourth-order valence-corrected chi connectivity index (χ4v) is 2.83. The molecule has 1 unspecified atom stereocenters. The minimum absolute atomic E-state index is 0.205. The number of halogens is 1. The van der Waals surface area contributed by atoms with Gasteiger partial charge in [-0.2, -0.15) is 0 Å². The van der Waals surface area contributed by atoms with Crippen LogP contribution in [0.3, 0.4) is 0 Å². The number of nitrogens with two attached hydrogens (primary N) is 1. The Hall–Kier alpha value is -1.52. The molecule has 100 valence electrons. The van der Waals surface area contributed by atoms with Crippen molar-refractivity contribution in [2.24, 2.45) is 5.73 Å². The van der Waals surface area contributed by atoms with Crippen molar-refractivity contribution in [3.8, 4) is 5.75 Å². The molecule has 0 aliphatic carbocycles.